The predicted molar refractivity (Wildman–Crippen MR) is 102 cm³/mol. The second kappa shape index (κ2) is 9.80. The van der Waals surface area contributed by atoms with Gasteiger partial charge in [-0.25, -0.2) is 0 Å². The third kappa shape index (κ3) is 6.06. The lowest BCUT2D eigenvalue weighted by Gasteiger charge is -2.18. The molecule has 2 aromatic rings. The van der Waals surface area contributed by atoms with E-state index in [2.05, 4.69) is 24.1 Å². The molecule has 26 heavy (non-hydrogen) atoms. The monoisotopic (exact) mass is 356 g/mol. The minimum atomic E-state index is -0.112. The van der Waals surface area contributed by atoms with Crippen molar-refractivity contribution >= 4 is 5.91 Å². The third-order valence-electron chi connectivity index (χ3n) is 3.97. The van der Waals surface area contributed by atoms with Gasteiger partial charge < -0.3 is 14.8 Å². The number of carbonyl (C=O) groups excluding carboxylic acids is 1. The van der Waals surface area contributed by atoms with Crippen LogP contribution in [0.1, 0.15) is 44.5 Å². The molecule has 0 saturated heterocycles. The summed E-state index contributed by atoms with van der Waals surface area (Å²) in [5.74, 6) is 1.84. The van der Waals surface area contributed by atoms with Crippen molar-refractivity contribution in [1.82, 2.24) is 10.3 Å². The predicted octanol–water partition coefficient (Wildman–Crippen LogP) is 3.94. The highest BCUT2D eigenvalue weighted by Gasteiger charge is 2.13. The molecule has 0 aliphatic rings. The number of rotatable bonds is 9. The molecular weight excluding hydrogens is 328 g/mol. The summed E-state index contributed by atoms with van der Waals surface area (Å²) in [4.78, 5) is 16.4. The van der Waals surface area contributed by atoms with E-state index in [0.29, 0.717) is 31.1 Å². The van der Waals surface area contributed by atoms with Gasteiger partial charge in [-0.05, 0) is 49.1 Å². The van der Waals surface area contributed by atoms with Gasteiger partial charge in [0.05, 0.1) is 19.8 Å². The Morgan fingerprint density at radius 2 is 1.96 bits per heavy atom. The molecule has 0 unspecified atom stereocenters. The lowest BCUT2D eigenvalue weighted by atomic mass is 10.1. The Bertz CT molecular complexity index is 702. The van der Waals surface area contributed by atoms with Gasteiger partial charge in [0, 0.05) is 18.3 Å². The van der Waals surface area contributed by atoms with Crippen LogP contribution in [0.3, 0.4) is 0 Å². The van der Waals surface area contributed by atoms with Crippen molar-refractivity contribution in [3.63, 3.8) is 0 Å². The number of aromatic nitrogens is 1. The topological polar surface area (TPSA) is 60.5 Å². The van der Waals surface area contributed by atoms with Gasteiger partial charge >= 0.3 is 0 Å². The van der Waals surface area contributed by atoms with E-state index in [1.54, 1.807) is 13.3 Å². The Morgan fingerprint density at radius 3 is 2.62 bits per heavy atom. The highest BCUT2D eigenvalue weighted by atomic mass is 16.5. The van der Waals surface area contributed by atoms with Crippen molar-refractivity contribution in [3.05, 3.63) is 53.9 Å². The van der Waals surface area contributed by atoms with E-state index < -0.39 is 0 Å². The molecule has 0 fully saturated rings. The van der Waals surface area contributed by atoms with Crippen LogP contribution in [0.5, 0.6) is 11.5 Å². The number of aryl methyl sites for hydroxylation is 1. The van der Waals surface area contributed by atoms with E-state index >= 15 is 0 Å². The molecule has 0 radical (unpaired) electrons. The SMILES string of the molecule is COc1cc([C@@H](C)NC(=O)CCc2ccccn2)ccc1OCC(C)C. The number of ether oxygens (including phenoxy) is 2. The van der Waals surface area contributed by atoms with Gasteiger partial charge in [-0.3, -0.25) is 9.78 Å². The summed E-state index contributed by atoms with van der Waals surface area (Å²) in [5, 5.41) is 3.02. The first-order chi connectivity index (χ1) is 12.5. The molecule has 1 amide bonds. The number of nitrogens with one attached hydrogen (secondary N) is 1. The molecule has 1 atom stereocenters. The first-order valence-electron chi connectivity index (χ1n) is 8.99. The fourth-order valence-electron chi connectivity index (χ4n) is 2.51. The maximum atomic E-state index is 12.2. The van der Waals surface area contributed by atoms with E-state index in [9.17, 15) is 4.79 Å². The normalized spacial score (nSPS) is 11.9. The van der Waals surface area contributed by atoms with E-state index in [-0.39, 0.29) is 11.9 Å². The van der Waals surface area contributed by atoms with Crippen LogP contribution in [0, 0.1) is 5.92 Å². The molecule has 1 aromatic heterocycles. The molecular formula is C21H28N2O3. The van der Waals surface area contributed by atoms with Gasteiger partial charge in [-0.2, -0.15) is 0 Å². The van der Waals surface area contributed by atoms with Crippen LogP contribution in [0.25, 0.3) is 0 Å². The quantitative estimate of drug-likeness (QED) is 0.739. The molecule has 1 heterocycles. The molecule has 0 aliphatic carbocycles. The van der Waals surface area contributed by atoms with E-state index in [1.165, 1.54) is 0 Å². The lowest BCUT2D eigenvalue weighted by molar-refractivity contribution is -0.121. The summed E-state index contributed by atoms with van der Waals surface area (Å²) in [6.07, 6.45) is 2.78. The second-order valence-corrected chi connectivity index (χ2v) is 6.73. The summed E-state index contributed by atoms with van der Waals surface area (Å²) < 4.78 is 11.2. The van der Waals surface area contributed by atoms with Crippen LogP contribution in [0.15, 0.2) is 42.6 Å². The van der Waals surface area contributed by atoms with Crippen molar-refractivity contribution in [1.29, 1.82) is 0 Å². The minimum Gasteiger partial charge on any atom is -0.493 e. The Hall–Kier alpha value is -2.56. The number of nitrogens with zero attached hydrogens (tertiary/aromatic N) is 1. The Labute approximate surface area is 155 Å². The van der Waals surface area contributed by atoms with Gasteiger partial charge in [0.25, 0.3) is 0 Å². The Balaban J connectivity index is 1.93. The third-order valence-corrected chi connectivity index (χ3v) is 3.97. The molecule has 5 heteroatoms. The molecule has 0 aliphatic heterocycles. The first-order valence-corrected chi connectivity index (χ1v) is 8.99. The van der Waals surface area contributed by atoms with Crippen LogP contribution in [-0.4, -0.2) is 24.6 Å². The minimum absolute atomic E-state index is 0.00209. The molecule has 2 rings (SSSR count). The molecule has 1 aromatic carbocycles. The average Bonchev–Trinajstić information content (AvgIpc) is 2.65. The molecule has 0 bridgehead atoms. The second-order valence-electron chi connectivity index (χ2n) is 6.73. The molecule has 5 nitrogen and oxygen atoms in total. The fourth-order valence-corrected chi connectivity index (χ4v) is 2.51. The van der Waals surface area contributed by atoms with Crippen LogP contribution < -0.4 is 14.8 Å². The molecule has 140 valence electrons. The number of pyridine rings is 1. The summed E-state index contributed by atoms with van der Waals surface area (Å²) in [6, 6.07) is 11.4. The zero-order valence-corrected chi connectivity index (χ0v) is 16.0. The standard InChI is InChI=1S/C21H28N2O3/c1-15(2)14-26-19-10-8-17(13-20(19)25-4)16(3)23-21(24)11-9-18-7-5-6-12-22-18/h5-8,10,12-13,15-16H,9,11,14H2,1-4H3,(H,23,24)/t16-/m1/s1. The molecule has 0 spiro atoms. The zero-order valence-electron chi connectivity index (χ0n) is 16.0. The largest absolute Gasteiger partial charge is 0.493 e. The van der Waals surface area contributed by atoms with Gasteiger partial charge in [0.2, 0.25) is 5.91 Å². The van der Waals surface area contributed by atoms with Gasteiger partial charge in [0.1, 0.15) is 0 Å². The van der Waals surface area contributed by atoms with Crippen molar-refractivity contribution in [2.45, 2.75) is 39.7 Å². The fraction of sp³-hybridized carbons (Fsp3) is 0.429. The number of benzene rings is 1. The maximum Gasteiger partial charge on any atom is 0.220 e. The molecule has 0 saturated carbocycles. The summed E-state index contributed by atoms with van der Waals surface area (Å²) in [7, 11) is 1.62. The average molecular weight is 356 g/mol. The van der Waals surface area contributed by atoms with Gasteiger partial charge in [-0.1, -0.05) is 26.0 Å². The van der Waals surface area contributed by atoms with Crippen molar-refractivity contribution in [3.8, 4) is 11.5 Å². The Kier molecular flexibility index (Phi) is 7.45. The highest BCUT2D eigenvalue weighted by Crippen LogP contribution is 2.30. The van der Waals surface area contributed by atoms with Crippen LogP contribution in [0.4, 0.5) is 0 Å². The molecule has 1 N–H and O–H groups in total. The summed E-state index contributed by atoms with van der Waals surface area (Å²) >= 11 is 0. The summed E-state index contributed by atoms with van der Waals surface area (Å²) in [6.45, 7) is 6.80. The van der Waals surface area contributed by atoms with Crippen molar-refractivity contribution in [2.24, 2.45) is 5.92 Å². The van der Waals surface area contributed by atoms with Crippen LogP contribution in [0.2, 0.25) is 0 Å². The zero-order chi connectivity index (χ0) is 18.9. The first kappa shape index (κ1) is 19.8. The van der Waals surface area contributed by atoms with E-state index in [4.69, 9.17) is 9.47 Å². The van der Waals surface area contributed by atoms with E-state index in [1.807, 2.05) is 43.3 Å². The van der Waals surface area contributed by atoms with Crippen LogP contribution >= 0.6 is 0 Å². The highest BCUT2D eigenvalue weighted by molar-refractivity contribution is 5.76. The van der Waals surface area contributed by atoms with Crippen molar-refractivity contribution in [2.75, 3.05) is 13.7 Å². The van der Waals surface area contributed by atoms with Gasteiger partial charge in [-0.15, -0.1) is 0 Å². The summed E-state index contributed by atoms with van der Waals surface area (Å²) in [5.41, 5.74) is 1.90. The van der Waals surface area contributed by atoms with Crippen LogP contribution in [-0.2, 0) is 11.2 Å². The van der Waals surface area contributed by atoms with Gasteiger partial charge in [0.15, 0.2) is 11.5 Å². The van der Waals surface area contributed by atoms with Crippen molar-refractivity contribution < 1.29 is 14.3 Å². The van der Waals surface area contributed by atoms with E-state index in [0.717, 1.165) is 17.0 Å². The Morgan fingerprint density at radius 1 is 1.15 bits per heavy atom. The number of carbonyl (C=O) groups is 1. The smallest absolute Gasteiger partial charge is 0.220 e. The number of amides is 1. The lowest BCUT2D eigenvalue weighted by Crippen LogP contribution is -2.26. The maximum absolute atomic E-state index is 12.2. The number of hydrogen-bond acceptors (Lipinski definition) is 4. The number of methoxy groups -OCH3 is 1. The number of hydrogen-bond donors (Lipinski definition) is 1.